The molecule has 2 bridgehead atoms. The number of halogens is 4. The number of nitrogens with one attached hydrogen (secondary N) is 2. The molecule has 3 aliphatic rings. The summed E-state index contributed by atoms with van der Waals surface area (Å²) >= 11 is 0. The SMILES string of the molecule is CCOC(=O)C1CCC(Oc2cc(C(=O)N[C@@H]3[C@H]4CC[C@H](C4)[C@@H]3C(=O)Nc3ccnc(C(F)(F)F)c3)c(OC)cc2F)CC1. The van der Waals surface area contributed by atoms with Gasteiger partial charge in [-0.1, -0.05) is 0 Å². The molecular formula is C31H35F4N3O6. The third kappa shape index (κ3) is 6.76. The molecule has 3 aliphatic carbocycles. The molecule has 0 spiro atoms. The molecule has 2 amide bonds. The Morgan fingerprint density at radius 3 is 2.41 bits per heavy atom. The summed E-state index contributed by atoms with van der Waals surface area (Å²) < 4.78 is 70.7. The molecular weight excluding hydrogens is 586 g/mol. The van der Waals surface area contributed by atoms with Gasteiger partial charge in [-0.3, -0.25) is 19.4 Å². The number of hydrogen-bond acceptors (Lipinski definition) is 7. The van der Waals surface area contributed by atoms with Gasteiger partial charge < -0.3 is 24.8 Å². The third-order valence-electron chi connectivity index (χ3n) is 8.92. The van der Waals surface area contributed by atoms with E-state index in [0.29, 0.717) is 38.7 Å². The van der Waals surface area contributed by atoms with Gasteiger partial charge in [-0.05, 0) is 81.9 Å². The van der Waals surface area contributed by atoms with E-state index in [2.05, 4.69) is 15.6 Å². The first-order valence-corrected chi connectivity index (χ1v) is 14.8. The maximum atomic E-state index is 15.0. The van der Waals surface area contributed by atoms with E-state index in [0.717, 1.165) is 31.2 Å². The molecule has 2 N–H and O–H groups in total. The minimum Gasteiger partial charge on any atom is -0.496 e. The number of ether oxygens (including phenoxy) is 3. The zero-order chi connectivity index (χ0) is 31.6. The fraction of sp³-hybridized carbons (Fsp3) is 0.548. The highest BCUT2D eigenvalue weighted by atomic mass is 19.4. The molecule has 9 nitrogen and oxygen atoms in total. The summed E-state index contributed by atoms with van der Waals surface area (Å²) in [6.07, 6.45) is 0.305. The molecule has 0 saturated heterocycles. The molecule has 0 aliphatic heterocycles. The third-order valence-corrected chi connectivity index (χ3v) is 8.92. The zero-order valence-corrected chi connectivity index (χ0v) is 24.4. The van der Waals surface area contributed by atoms with Gasteiger partial charge >= 0.3 is 12.1 Å². The summed E-state index contributed by atoms with van der Waals surface area (Å²) in [4.78, 5) is 42.3. The van der Waals surface area contributed by atoms with Gasteiger partial charge in [0.1, 0.15) is 11.4 Å². The van der Waals surface area contributed by atoms with Crippen LogP contribution in [-0.2, 0) is 20.5 Å². The number of carbonyl (C=O) groups excluding carboxylic acids is 3. The molecule has 44 heavy (non-hydrogen) atoms. The standard InChI is InChI=1S/C31H35F4N3O6/c1-3-43-30(41)16-6-8-20(9-7-16)44-24-14-21(23(42-2)15-22(24)32)28(39)38-27-18-5-4-17(12-18)26(27)29(40)37-19-10-11-36-25(13-19)31(33,34)35/h10-11,13-18,20,26-27H,3-9,12H2,1-2H3,(H,38,39)(H,36,37,40)/t16?,17-,18+,20?,26+,27-/m1/s1. The lowest BCUT2D eigenvalue weighted by Crippen LogP contribution is -2.48. The number of aromatic nitrogens is 1. The van der Waals surface area contributed by atoms with Crippen LogP contribution in [-0.4, -0.2) is 48.6 Å². The molecule has 2 aromatic rings. The molecule has 1 heterocycles. The number of fused-ring (bicyclic) bond motifs is 2. The maximum absolute atomic E-state index is 15.0. The van der Waals surface area contributed by atoms with Crippen molar-refractivity contribution in [2.24, 2.45) is 23.7 Å². The van der Waals surface area contributed by atoms with Crippen molar-refractivity contribution in [3.05, 3.63) is 47.5 Å². The predicted molar refractivity (Wildman–Crippen MR) is 149 cm³/mol. The Morgan fingerprint density at radius 2 is 1.73 bits per heavy atom. The average molecular weight is 622 g/mol. The second kappa shape index (κ2) is 13.0. The second-order valence-electron chi connectivity index (χ2n) is 11.6. The highest BCUT2D eigenvalue weighted by molar-refractivity contribution is 5.99. The summed E-state index contributed by atoms with van der Waals surface area (Å²) in [6, 6.07) is 3.82. The predicted octanol–water partition coefficient (Wildman–Crippen LogP) is 5.53. The van der Waals surface area contributed by atoms with E-state index in [9.17, 15) is 27.6 Å². The van der Waals surface area contributed by atoms with Crippen LogP contribution in [0.5, 0.6) is 11.5 Å². The van der Waals surface area contributed by atoms with Crippen LogP contribution in [0.4, 0.5) is 23.2 Å². The molecule has 13 heteroatoms. The topological polar surface area (TPSA) is 116 Å². The quantitative estimate of drug-likeness (QED) is 0.279. The van der Waals surface area contributed by atoms with Crippen molar-refractivity contribution in [3.8, 4) is 11.5 Å². The van der Waals surface area contributed by atoms with Gasteiger partial charge in [0.05, 0.1) is 37.2 Å². The van der Waals surface area contributed by atoms with Gasteiger partial charge in [-0.25, -0.2) is 4.39 Å². The van der Waals surface area contributed by atoms with Crippen LogP contribution >= 0.6 is 0 Å². The number of benzene rings is 1. The van der Waals surface area contributed by atoms with Crippen molar-refractivity contribution in [2.75, 3.05) is 19.0 Å². The fourth-order valence-corrected chi connectivity index (χ4v) is 6.82. The van der Waals surface area contributed by atoms with Crippen molar-refractivity contribution in [3.63, 3.8) is 0 Å². The number of nitrogens with zero attached hydrogens (tertiary/aromatic N) is 1. The molecule has 0 unspecified atom stereocenters. The van der Waals surface area contributed by atoms with Crippen molar-refractivity contribution >= 4 is 23.5 Å². The largest absolute Gasteiger partial charge is 0.496 e. The first-order valence-electron chi connectivity index (χ1n) is 14.8. The monoisotopic (exact) mass is 621 g/mol. The number of methoxy groups -OCH3 is 1. The zero-order valence-electron chi connectivity index (χ0n) is 24.4. The Morgan fingerprint density at radius 1 is 1.00 bits per heavy atom. The summed E-state index contributed by atoms with van der Waals surface area (Å²) in [6.45, 7) is 2.05. The Labute approximate surface area is 252 Å². The first kappa shape index (κ1) is 31.5. The van der Waals surface area contributed by atoms with Gasteiger partial charge in [0.15, 0.2) is 11.6 Å². The van der Waals surface area contributed by atoms with Crippen LogP contribution in [0.1, 0.15) is 67.9 Å². The highest BCUT2D eigenvalue weighted by Gasteiger charge is 2.51. The van der Waals surface area contributed by atoms with E-state index >= 15 is 4.39 Å². The minimum atomic E-state index is -4.66. The number of pyridine rings is 1. The molecule has 5 rings (SSSR count). The van der Waals surface area contributed by atoms with E-state index < -0.39 is 41.5 Å². The molecule has 1 aromatic carbocycles. The smallest absolute Gasteiger partial charge is 0.433 e. The summed E-state index contributed by atoms with van der Waals surface area (Å²) in [5, 5.41) is 5.51. The van der Waals surface area contributed by atoms with Crippen LogP contribution in [0.2, 0.25) is 0 Å². The van der Waals surface area contributed by atoms with Crippen LogP contribution in [0.25, 0.3) is 0 Å². The Kier molecular flexibility index (Phi) is 9.31. The van der Waals surface area contributed by atoms with E-state index in [-0.39, 0.29) is 52.6 Å². The number of alkyl halides is 3. The number of carbonyl (C=O) groups is 3. The fourth-order valence-electron chi connectivity index (χ4n) is 6.82. The number of hydrogen-bond donors (Lipinski definition) is 2. The van der Waals surface area contributed by atoms with Gasteiger partial charge in [-0.2, -0.15) is 13.2 Å². The lowest BCUT2D eigenvalue weighted by atomic mass is 9.83. The Hall–Kier alpha value is -3.90. The van der Waals surface area contributed by atoms with E-state index in [4.69, 9.17) is 14.2 Å². The second-order valence-corrected chi connectivity index (χ2v) is 11.6. The van der Waals surface area contributed by atoms with Crippen LogP contribution in [0.15, 0.2) is 30.5 Å². The average Bonchev–Trinajstić information content (AvgIpc) is 3.60. The molecule has 3 saturated carbocycles. The van der Waals surface area contributed by atoms with E-state index in [1.807, 2.05) is 0 Å². The minimum absolute atomic E-state index is 0.000349. The Balaban J connectivity index is 1.29. The molecule has 4 atom stereocenters. The van der Waals surface area contributed by atoms with Gasteiger partial charge in [0.2, 0.25) is 5.91 Å². The van der Waals surface area contributed by atoms with Gasteiger partial charge in [0.25, 0.3) is 5.91 Å². The van der Waals surface area contributed by atoms with Crippen molar-refractivity contribution < 1.29 is 46.2 Å². The van der Waals surface area contributed by atoms with Crippen LogP contribution in [0, 0.1) is 29.5 Å². The van der Waals surface area contributed by atoms with Crippen molar-refractivity contribution in [2.45, 2.75) is 70.2 Å². The lowest BCUT2D eigenvalue weighted by Gasteiger charge is -2.31. The molecule has 0 radical (unpaired) electrons. The van der Waals surface area contributed by atoms with Crippen LogP contribution in [0.3, 0.4) is 0 Å². The van der Waals surface area contributed by atoms with E-state index in [1.54, 1.807) is 6.92 Å². The van der Waals surface area contributed by atoms with E-state index in [1.165, 1.54) is 19.2 Å². The molecule has 3 fully saturated rings. The number of anilines is 1. The number of esters is 1. The summed E-state index contributed by atoms with van der Waals surface area (Å²) in [7, 11) is 1.31. The first-order chi connectivity index (χ1) is 21.0. The van der Waals surface area contributed by atoms with Crippen LogP contribution < -0.4 is 20.1 Å². The highest BCUT2D eigenvalue weighted by Crippen LogP contribution is 2.49. The maximum Gasteiger partial charge on any atom is 0.433 e. The molecule has 1 aromatic heterocycles. The van der Waals surface area contributed by atoms with Gasteiger partial charge in [-0.15, -0.1) is 0 Å². The number of amides is 2. The lowest BCUT2D eigenvalue weighted by molar-refractivity contribution is -0.149. The summed E-state index contributed by atoms with van der Waals surface area (Å²) in [5.74, 6) is -3.13. The Bertz CT molecular complexity index is 1390. The summed E-state index contributed by atoms with van der Waals surface area (Å²) in [5.41, 5.74) is -1.14. The van der Waals surface area contributed by atoms with Gasteiger partial charge in [0, 0.05) is 24.0 Å². The van der Waals surface area contributed by atoms with Crippen molar-refractivity contribution in [1.82, 2.24) is 10.3 Å². The number of rotatable bonds is 9. The normalized spacial score (nSPS) is 26.1. The molecule has 238 valence electrons. The van der Waals surface area contributed by atoms with Crippen molar-refractivity contribution in [1.29, 1.82) is 0 Å².